The van der Waals surface area contributed by atoms with Crippen molar-refractivity contribution in [2.75, 3.05) is 27.2 Å². The maximum atomic E-state index is 12.0. The van der Waals surface area contributed by atoms with Crippen molar-refractivity contribution in [3.63, 3.8) is 0 Å². The highest BCUT2D eigenvalue weighted by Gasteiger charge is 2.36. The number of aliphatic carboxylic acids is 1. The minimum absolute atomic E-state index is 0.00926. The number of rotatable bonds is 7. The van der Waals surface area contributed by atoms with E-state index in [4.69, 9.17) is 5.11 Å². The highest BCUT2D eigenvalue weighted by atomic mass is 16.4. The molecular weight excluding hydrogens is 244 g/mol. The van der Waals surface area contributed by atoms with Gasteiger partial charge in [-0.25, -0.2) is 0 Å². The fraction of sp³-hybridized carbons (Fsp3) is 0.857. The van der Waals surface area contributed by atoms with Crippen molar-refractivity contribution in [3.8, 4) is 0 Å². The van der Waals surface area contributed by atoms with Crippen LogP contribution in [0, 0.1) is 5.41 Å². The standard InChI is InChI=1S/C14H26N2O3/c1-16(2)9-8-15-12(17)10-14(11-13(18)19)6-4-3-5-7-14/h3-11H2,1-2H3,(H,15,17)(H,18,19). The smallest absolute Gasteiger partial charge is 0.303 e. The van der Waals surface area contributed by atoms with Gasteiger partial charge in [-0.2, -0.15) is 0 Å². The average Bonchev–Trinajstić information content (AvgIpc) is 2.27. The molecule has 0 aliphatic heterocycles. The van der Waals surface area contributed by atoms with Gasteiger partial charge in [0.25, 0.3) is 0 Å². The second-order valence-corrected chi connectivity index (χ2v) is 5.96. The van der Waals surface area contributed by atoms with Crippen LogP contribution in [0.2, 0.25) is 0 Å². The van der Waals surface area contributed by atoms with Crippen molar-refractivity contribution in [1.29, 1.82) is 0 Å². The van der Waals surface area contributed by atoms with Gasteiger partial charge in [-0.3, -0.25) is 9.59 Å². The van der Waals surface area contributed by atoms with Crippen LogP contribution in [0.3, 0.4) is 0 Å². The normalized spacial score (nSPS) is 18.3. The van der Waals surface area contributed by atoms with Gasteiger partial charge < -0.3 is 15.3 Å². The Bertz CT molecular complexity index is 310. The Morgan fingerprint density at radius 3 is 2.32 bits per heavy atom. The summed E-state index contributed by atoms with van der Waals surface area (Å²) in [6.45, 7) is 1.42. The summed E-state index contributed by atoms with van der Waals surface area (Å²) in [5.74, 6) is -0.798. The lowest BCUT2D eigenvalue weighted by Gasteiger charge is -2.35. The Morgan fingerprint density at radius 1 is 1.16 bits per heavy atom. The van der Waals surface area contributed by atoms with Crippen LogP contribution in [0.4, 0.5) is 0 Å². The first-order chi connectivity index (χ1) is 8.93. The first kappa shape index (κ1) is 16.0. The van der Waals surface area contributed by atoms with Crippen molar-refractivity contribution in [2.45, 2.75) is 44.9 Å². The first-order valence-corrected chi connectivity index (χ1v) is 7.07. The third kappa shape index (κ3) is 6.05. The molecule has 5 heteroatoms. The van der Waals surface area contributed by atoms with Crippen LogP contribution in [-0.4, -0.2) is 49.1 Å². The summed E-state index contributed by atoms with van der Waals surface area (Å²) in [5.41, 5.74) is -0.313. The van der Waals surface area contributed by atoms with Crippen molar-refractivity contribution in [2.24, 2.45) is 5.41 Å². The van der Waals surface area contributed by atoms with Gasteiger partial charge in [-0.15, -0.1) is 0 Å². The fourth-order valence-electron chi connectivity index (χ4n) is 2.86. The quantitative estimate of drug-likeness (QED) is 0.735. The van der Waals surface area contributed by atoms with Gasteiger partial charge >= 0.3 is 5.97 Å². The van der Waals surface area contributed by atoms with Crippen LogP contribution in [0.15, 0.2) is 0 Å². The third-order valence-corrected chi connectivity index (χ3v) is 3.86. The SMILES string of the molecule is CN(C)CCNC(=O)CC1(CC(=O)O)CCCCC1. The molecule has 0 radical (unpaired) electrons. The molecule has 0 heterocycles. The Balaban J connectivity index is 2.47. The molecule has 2 N–H and O–H groups in total. The van der Waals surface area contributed by atoms with E-state index in [0.29, 0.717) is 13.0 Å². The summed E-state index contributed by atoms with van der Waals surface area (Å²) in [7, 11) is 3.92. The molecule has 0 aromatic heterocycles. The lowest BCUT2D eigenvalue weighted by atomic mass is 9.69. The number of nitrogens with one attached hydrogen (secondary N) is 1. The Kier molecular flexibility index (Phi) is 6.28. The number of amides is 1. The molecule has 1 saturated carbocycles. The predicted octanol–water partition coefficient (Wildman–Crippen LogP) is 1.48. The van der Waals surface area contributed by atoms with Gasteiger partial charge in [-0.05, 0) is 32.4 Å². The van der Waals surface area contributed by atoms with Gasteiger partial charge in [-0.1, -0.05) is 19.3 Å². The molecule has 1 amide bonds. The van der Waals surface area contributed by atoms with E-state index in [-0.39, 0.29) is 17.7 Å². The van der Waals surface area contributed by atoms with E-state index in [0.717, 1.165) is 38.6 Å². The van der Waals surface area contributed by atoms with E-state index in [1.54, 1.807) is 0 Å². The van der Waals surface area contributed by atoms with Crippen LogP contribution in [0.25, 0.3) is 0 Å². The number of likely N-dealkylation sites (N-methyl/N-ethyl adjacent to an activating group) is 1. The Hall–Kier alpha value is -1.10. The molecule has 0 unspecified atom stereocenters. The number of hydrogen-bond donors (Lipinski definition) is 2. The molecule has 0 spiro atoms. The predicted molar refractivity (Wildman–Crippen MR) is 74.0 cm³/mol. The number of carboxylic acids is 1. The fourth-order valence-corrected chi connectivity index (χ4v) is 2.86. The summed E-state index contributed by atoms with van der Waals surface area (Å²) in [4.78, 5) is 25.0. The molecule has 0 saturated heterocycles. The van der Waals surface area contributed by atoms with E-state index >= 15 is 0 Å². The highest BCUT2D eigenvalue weighted by molar-refractivity contribution is 5.78. The molecule has 1 fully saturated rings. The van der Waals surface area contributed by atoms with Crippen molar-refractivity contribution in [3.05, 3.63) is 0 Å². The van der Waals surface area contributed by atoms with Gasteiger partial charge in [0.15, 0.2) is 0 Å². The lowest BCUT2D eigenvalue weighted by molar-refractivity contribution is -0.141. The number of carbonyl (C=O) groups excluding carboxylic acids is 1. The van der Waals surface area contributed by atoms with E-state index in [9.17, 15) is 9.59 Å². The first-order valence-electron chi connectivity index (χ1n) is 7.07. The van der Waals surface area contributed by atoms with Crippen LogP contribution in [0.5, 0.6) is 0 Å². The largest absolute Gasteiger partial charge is 0.481 e. The minimum Gasteiger partial charge on any atom is -0.481 e. The summed E-state index contributed by atoms with van der Waals surface area (Å²) in [6.07, 6.45) is 5.43. The molecule has 110 valence electrons. The molecule has 1 aliphatic rings. The number of carboxylic acid groups (broad SMARTS) is 1. The van der Waals surface area contributed by atoms with E-state index < -0.39 is 5.97 Å². The summed E-state index contributed by atoms with van der Waals surface area (Å²) < 4.78 is 0. The monoisotopic (exact) mass is 270 g/mol. The van der Waals surface area contributed by atoms with E-state index in [1.165, 1.54) is 0 Å². The van der Waals surface area contributed by atoms with Gasteiger partial charge in [0.05, 0.1) is 6.42 Å². The molecule has 0 bridgehead atoms. The third-order valence-electron chi connectivity index (χ3n) is 3.86. The minimum atomic E-state index is -0.789. The highest BCUT2D eigenvalue weighted by Crippen LogP contribution is 2.42. The maximum absolute atomic E-state index is 12.0. The molecule has 0 aromatic rings. The molecule has 19 heavy (non-hydrogen) atoms. The molecular formula is C14H26N2O3. The summed E-state index contributed by atoms with van der Waals surface area (Å²) in [5, 5.41) is 11.9. The topological polar surface area (TPSA) is 69.6 Å². The van der Waals surface area contributed by atoms with Gasteiger partial charge in [0.1, 0.15) is 0 Å². The Morgan fingerprint density at radius 2 is 1.79 bits per heavy atom. The van der Waals surface area contributed by atoms with Crippen LogP contribution in [-0.2, 0) is 9.59 Å². The number of nitrogens with zero attached hydrogens (tertiary/aromatic N) is 1. The van der Waals surface area contributed by atoms with Crippen molar-refractivity contribution in [1.82, 2.24) is 10.2 Å². The molecule has 0 aromatic carbocycles. The second-order valence-electron chi connectivity index (χ2n) is 5.96. The van der Waals surface area contributed by atoms with E-state index in [1.807, 2.05) is 19.0 Å². The average molecular weight is 270 g/mol. The van der Waals surface area contributed by atoms with Crippen molar-refractivity contribution >= 4 is 11.9 Å². The number of hydrogen-bond acceptors (Lipinski definition) is 3. The molecule has 1 rings (SSSR count). The molecule has 1 aliphatic carbocycles. The van der Waals surface area contributed by atoms with Crippen molar-refractivity contribution < 1.29 is 14.7 Å². The van der Waals surface area contributed by atoms with Gasteiger partial charge in [0.2, 0.25) is 5.91 Å². The second kappa shape index (κ2) is 7.48. The maximum Gasteiger partial charge on any atom is 0.303 e. The molecule has 5 nitrogen and oxygen atoms in total. The zero-order valence-electron chi connectivity index (χ0n) is 12.1. The lowest BCUT2D eigenvalue weighted by Crippen LogP contribution is -2.37. The summed E-state index contributed by atoms with van der Waals surface area (Å²) >= 11 is 0. The number of carbonyl (C=O) groups is 2. The van der Waals surface area contributed by atoms with Crippen LogP contribution in [0.1, 0.15) is 44.9 Å². The molecule has 0 atom stereocenters. The zero-order chi connectivity index (χ0) is 14.3. The van der Waals surface area contributed by atoms with Crippen LogP contribution >= 0.6 is 0 Å². The van der Waals surface area contributed by atoms with Gasteiger partial charge in [0, 0.05) is 19.5 Å². The Labute approximate surface area is 115 Å². The zero-order valence-corrected chi connectivity index (χ0v) is 12.1. The van der Waals surface area contributed by atoms with E-state index in [2.05, 4.69) is 5.32 Å². The summed E-state index contributed by atoms with van der Waals surface area (Å²) in [6, 6.07) is 0. The van der Waals surface area contributed by atoms with Crippen LogP contribution < -0.4 is 5.32 Å².